The molecule has 6 aromatic rings. The van der Waals surface area contributed by atoms with Crippen LogP contribution in [-0.2, 0) is 47.7 Å². The van der Waals surface area contributed by atoms with Crippen LogP contribution < -0.4 is 61.2 Å². The molecule has 0 saturated heterocycles. The summed E-state index contributed by atoms with van der Waals surface area (Å²) in [6.07, 6.45) is 10.4. The van der Waals surface area contributed by atoms with Crippen molar-refractivity contribution in [1.29, 1.82) is 0 Å². The summed E-state index contributed by atoms with van der Waals surface area (Å²) in [6.45, 7) is 24.6. The first kappa shape index (κ1) is 84.4. The Kier molecular flexibility index (Phi) is 34.6. The molecule has 0 fully saturated rings. The number of benzene rings is 3. The molecule has 3 aromatic carbocycles. The second kappa shape index (κ2) is 43.0. The number of amides is 6. The van der Waals surface area contributed by atoms with Crippen molar-refractivity contribution in [2.45, 2.75) is 156 Å². The first-order chi connectivity index (χ1) is 50.1. The molecule has 0 saturated carbocycles. The molecular weight excluding hydrogens is 1370 g/mol. The minimum absolute atomic E-state index is 0.00467. The van der Waals surface area contributed by atoms with Crippen LogP contribution in [0.3, 0.4) is 0 Å². The van der Waals surface area contributed by atoms with Crippen molar-refractivity contribution in [3.05, 3.63) is 130 Å². The molecule has 6 amide bonds. The van der Waals surface area contributed by atoms with Crippen molar-refractivity contribution < 1.29 is 66.7 Å². The summed E-state index contributed by atoms with van der Waals surface area (Å²) in [5.74, 6) is 4.27. The molecule has 29 nitrogen and oxygen atoms in total. The van der Waals surface area contributed by atoms with Gasteiger partial charge in [-0.3, -0.25) is 33.9 Å². The van der Waals surface area contributed by atoms with Gasteiger partial charge in [-0.05, 0) is 202 Å². The standard InChI is InChI=1S/C26H37N5O5.C23H31N5O4.C22H27ClN4O4.C4H11NO/c1-18(17-34-5)29-24-27-13-10-22(30-24)31(14-7-6-12-28-25(33)36-26(2,3)4)23(32)20-8-9-21-19(16-20)11-15-35-21;1-16(15-31-3)26-23-25-11-8-21(27-23)28(12-5-4-10-24-17(2)29)22(30)19-6-7-20-18(14-19)9-13-32-20;1-22(2,3)31-21(29)25-10-4-5-12-27(18-8-11-24-20(23)26-18)19(28)16-6-7-17-15(14-16)9-13-30-17;1-4(5)3-6-2/h8-10,13,16,18H,6-7,11-12,14-15,17H2,1-5H3,(H,28,33)(H,27,29,30);6-8,11,14,16H,4-5,9-10,12-13,15H2,1-3H3,(H,24,29)(H,25,26,27);6-8,11,14H,4-5,9-10,12-13H2,1-3H3,(H,25,29);4H,3,5H2,1-2H3/t18-;16-;;4-/m00.0/s1. The molecule has 30 heteroatoms. The van der Waals surface area contributed by atoms with Gasteiger partial charge in [0.1, 0.15) is 45.9 Å². The van der Waals surface area contributed by atoms with E-state index in [1.807, 2.05) is 98.7 Å². The van der Waals surface area contributed by atoms with E-state index in [0.29, 0.717) is 157 Å². The molecule has 0 unspecified atom stereocenters. The van der Waals surface area contributed by atoms with E-state index in [0.717, 1.165) is 59.6 Å². The van der Waals surface area contributed by atoms with Gasteiger partial charge >= 0.3 is 12.2 Å². The molecule has 6 heterocycles. The highest BCUT2D eigenvalue weighted by atomic mass is 35.5. The lowest BCUT2D eigenvalue weighted by Gasteiger charge is -2.23. The second-order valence-corrected chi connectivity index (χ2v) is 27.5. The van der Waals surface area contributed by atoms with E-state index in [1.165, 1.54) is 13.1 Å². The van der Waals surface area contributed by atoms with Crippen molar-refractivity contribution in [1.82, 2.24) is 45.9 Å². The van der Waals surface area contributed by atoms with Crippen molar-refractivity contribution in [3.8, 4) is 17.2 Å². The third kappa shape index (κ3) is 29.9. The number of unbranched alkanes of at least 4 members (excludes halogenated alkanes) is 3. The molecule has 7 N–H and O–H groups in total. The van der Waals surface area contributed by atoms with Crippen LogP contribution in [0.2, 0.25) is 5.28 Å². The van der Waals surface area contributed by atoms with Gasteiger partial charge in [0.15, 0.2) is 0 Å². The first-order valence-corrected chi connectivity index (χ1v) is 35.8. The zero-order chi connectivity index (χ0) is 76.5. The van der Waals surface area contributed by atoms with Crippen LogP contribution in [-0.4, -0.2) is 195 Å². The quantitative estimate of drug-likeness (QED) is 0.0174. The topological polar surface area (TPSA) is 349 Å². The lowest BCUT2D eigenvalue weighted by molar-refractivity contribution is -0.118. The third-order valence-corrected chi connectivity index (χ3v) is 15.6. The zero-order valence-corrected chi connectivity index (χ0v) is 63.7. The highest BCUT2D eigenvalue weighted by Gasteiger charge is 2.27. The van der Waals surface area contributed by atoms with Crippen molar-refractivity contribution in [2.24, 2.45) is 5.73 Å². The number of hydrogen-bond acceptors (Lipinski definition) is 23. The minimum Gasteiger partial charge on any atom is -0.493 e. The molecule has 3 aliphatic heterocycles. The summed E-state index contributed by atoms with van der Waals surface area (Å²) in [7, 11) is 4.91. The van der Waals surface area contributed by atoms with E-state index >= 15 is 0 Å². The second-order valence-electron chi connectivity index (χ2n) is 27.2. The summed E-state index contributed by atoms with van der Waals surface area (Å²) in [5, 5.41) is 14.7. The van der Waals surface area contributed by atoms with Crippen molar-refractivity contribution >= 4 is 76.8 Å². The van der Waals surface area contributed by atoms with E-state index in [9.17, 15) is 28.8 Å². The number of nitrogens with one attached hydrogen (secondary N) is 5. The van der Waals surface area contributed by atoms with Crippen LogP contribution in [0.4, 0.5) is 38.9 Å². The lowest BCUT2D eigenvalue weighted by atomic mass is 10.1. The number of carbonyl (C=O) groups is 6. The highest BCUT2D eigenvalue weighted by molar-refractivity contribution is 6.28. The van der Waals surface area contributed by atoms with Gasteiger partial charge in [0, 0.05) is 140 Å². The Morgan fingerprint density at radius 1 is 0.495 bits per heavy atom. The fraction of sp³-hybridized carbons (Fsp3) is 0.520. The summed E-state index contributed by atoms with van der Waals surface area (Å²) in [4.78, 5) is 106. The Hall–Kier alpha value is -9.55. The van der Waals surface area contributed by atoms with Gasteiger partial charge in [-0.25, -0.2) is 29.5 Å². The number of rotatable bonds is 31. The van der Waals surface area contributed by atoms with Gasteiger partial charge in [-0.15, -0.1) is 0 Å². The number of ether oxygens (including phenoxy) is 8. The SMILES string of the molecule is CC(C)(C)OC(=O)NCCCCN(C(=O)c1ccc2c(c1)CCO2)c1ccnc(Cl)n1.COC[C@H](C)N.COC[C@H](C)Nc1nccc(N(CCCCNC(=O)OC(C)(C)C)C(=O)c2ccc3c(c2)CCO3)n1.COC[C@H](C)Nc1nccc(N(CCCCNC(C)=O)C(=O)c2ccc3c(c2)CCO3)n1. The molecule has 0 bridgehead atoms. The van der Waals surface area contributed by atoms with E-state index < -0.39 is 23.4 Å². The minimum atomic E-state index is -0.548. The third-order valence-electron chi connectivity index (χ3n) is 15.4. The smallest absolute Gasteiger partial charge is 0.407 e. The Morgan fingerprint density at radius 3 is 1.15 bits per heavy atom. The molecule has 572 valence electrons. The van der Waals surface area contributed by atoms with Gasteiger partial charge in [-0.1, -0.05) is 0 Å². The maximum absolute atomic E-state index is 13.6. The zero-order valence-electron chi connectivity index (χ0n) is 62.9. The summed E-state index contributed by atoms with van der Waals surface area (Å²) >= 11 is 5.95. The van der Waals surface area contributed by atoms with Gasteiger partial charge in [0.2, 0.25) is 23.1 Å². The number of nitrogens with zero attached hydrogens (tertiary/aromatic N) is 9. The number of anilines is 5. The van der Waals surface area contributed by atoms with Crippen LogP contribution in [0, 0.1) is 0 Å². The van der Waals surface area contributed by atoms with E-state index in [4.69, 9.17) is 50.5 Å². The highest BCUT2D eigenvalue weighted by Crippen LogP contribution is 2.31. The monoisotopic (exact) mass is 1480 g/mol. The molecule has 105 heavy (non-hydrogen) atoms. The van der Waals surface area contributed by atoms with Crippen LogP contribution in [0.1, 0.15) is 156 Å². The van der Waals surface area contributed by atoms with Gasteiger partial charge in [0.25, 0.3) is 17.7 Å². The fourth-order valence-electron chi connectivity index (χ4n) is 10.7. The summed E-state index contributed by atoms with van der Waals surface area (Å²) in [6, 6.07) is 21.8. The van der Waals surface area contributed by atoms with E-state index in [1.54, 1.807) is 84.8 Å². The number of fused-ring (bicyclic) bond motifs is 3. The maximum Gasteiger partial charge on any atom is 0.407 e. The lowest BCUT2D eigenvalue weighted by Crippen LogP contribution is -2.35. The number of aromatic nitrogens is 6. The molecular formula is C75H106ClN15O14. The molecule has 3 aromatic heterocycles. The van der Waals surface area contributed by atoms with Gasteiger partial charge in [0.05, 0.1) is 39.6 Å². The van der Waals surface area contributed by atoms with Crippen molar-refractivity contribution in [2.75, 3.05) is 126 Å². The number of hydrogen-bond donors (Lipinski definition) is 6. The number of carbonyl (C=O) groups excluding carboxylic acids is 6. The van der Waals surface area contributed by atoms with Crippen LogP contribution in [0.15, 0.2) is 91.4 Å². The Bertz CT molecular complexity index is 3760. The fourth-order valence-corrected chi connectivity index (χ4v) is 10.9. The predicted molar refractivity (Wildman–Crippen MR) is 403 cm³/mol. The average molecular weight is 1480 g/mol. The average Bonchev–Trinajstić information content (AvgIpc) is 1.81. The summed E-state index contributed by atoms with van der Waals surface area (Å²) in [5.41, 5.74) is 9.01. The summed E-state index contributed by atoms with van der Waals surface area (Å²) < 4.78 is 42.2. The molecule has 0 radical (unpaired) electrons. The maximum atomic E-state index is 13.6. The molecule has 0 spiro atoms. The number of halogens is 1. The van der Waals surface area contributed by atoms with Crippen LogP contribution in [0.25, 0.3) is 0 Å². The van der Waals surface area contributed by atoms with Crippen LogP contribution >= 0.6 is 11.6 Å². The normalized spacial score (nSPS) is 13.1. The first-order valence-electron chi connectivity index (χ1n) is 35.4. The van der Waals surface area contributed by atoms with Gasteiger partial charge in [-0.2, -0.15) is 9.97 Å². The Morgan fingerprint density at radius 2 is 0.838 bits per heavy atom. The van der Waals surface area contributed by atoms with E-state index in [-0.39, 0.29) is 47.0 Å². The molecule has 9 rings (SSSR count). The largest absolute Gasteiger partial charge is 0.493 e. The van der Waals surface area contributed by atoms with Crippen LogP contribution in [0.5, 0.6) is 17.2 Å². The Labute approximate surface area is 621 Å². The number of nitrogens with two attached hydrogens (primary N) is 1. The molecule has 3 atom stereocenters. The Balaban J connectivity index is 0.000000238. The predicted octanol–water partition coefficient (Wildman–Crippen LogP) is 10.2. The van der Waals surface area contributed by atoms with E-state index in [2.05, 4.69) is 61.2 Å². The number of alkyl carbamates (subject to hydrolysis) is 2. The van der Waals surface area contributed by atoms with Gasteiger partial charge < -0.3 is 70.2 Å². The molecule has 0 aliphatic carbocycles. The number of methoxy groups -OCH3 is 3. The van der Waals surface area contributed by atoms with Crippen molar-refractivity contribution in [3.63, 3.8) is 0 Å². The molecule has 3 aliphatic rings.